The molecule has 0 unspecified atom stereocenters. The summed E-state index contributed by atoms with van der Waals surface area (Å²) in [5, 5.41) is 3.45. The lowest BCUT2D eigenvalue weighted by molar-refractivity contribution is 0.588. The minimum absolute atomic E-state index is 0.523. The Balaban J connectivity index is 2.07. The van der Waals surface area contributed by atoms with Crippen LogP contribution in [0.3, 0.4) is 0 Å². The lowest BCUT2D eigenvalue weighted by Crippen LogP contribution is -2.21. The Morgan fingerprint density at radius 2 is 2.00 bits per heavy atom. The van der Waals surface area contributed by atoms with E-state index in [-0.39, 0.29) is 0 Å². The van der Waals surface area contributed by atoms with Gasteiger partial charge in [0.05, 0.1) is 0 Å². The molecule has 0 aliphatic heterocycles. The van der Waals surface area contributed by atoms with Crippen LogP contribution in [0.2, 0.25) is 0 Å². The Hall–Kier alpha value is -1.67. The van der Waals surface area contributed by atoms with E-state index in [0.29, 0.717) is 6.04 Å². The summed E-state index contributed by atoms with van der Waals surface area (Å²) in [4.78, 5) is 4.17. The molecule has 1 N–H and O–H groups in total. The van der Waals surface area contributed by atoms with Gasteiger partial charge in [0, 0.05) is 25.0 Å². The average molecular weight is 254 g/mol. The standard InChI is InChI=1S/C17H22N2/c1-13(2)19-12-16-6-7-17(14(3)9-16)10-15-5-4-8-18-11-15/h4-9,11,13,19H,10,12H2,1-3H3. The summed E-state index contributed by atoms with van der Waals surface area (Å²) in [7, 11) is 0. The number of nitrogens with one attached hydrogen (secondary N) is 1. The SMILES string of the molecule is Cc1cc(CNC(C)C)ccc1Cc1cccnc1. The predicted molar refractivity (Wildman–Crippen MR) is 80.2 cm³/mol. The van der Waals surface area contributed by atoms with Crippen molar-refractivity contribution in [3.8, 4) is 0 Å². The molecular weight excluding hydrogens is 232 g/mol. The minimum Gasteiger partial charge on any atom is -0.310 e. The van der Waals surface area contributed by atoms with E-state index >= 15 is 0 Å². The van der Waals surface area contributed by atoms with E-state index in [4.69, 9.17) is 0 Å². The van der Waals surface area contributed by atoms with Crippen LogP contribution in [0.5, 0.6) is 0 Å². The molecule has 0 saturated carbocycles. The zero-order chi connectivity index (χ0) is 13.7. The van der Waals surface area contributed by atoms with Crippen molar-refractivity contribution >= 4 is 0 Å². The van der Waals surface area contributed by atoms with Gasteiger partial charge in [0.25, 0.3) is 0 Å². The van der Waals surface area contributed by atoms with Gasteiger partial charge in [0.2, 0.25) is 0 Å². The fourth-order valence-corrected chi connectivity index (χ4v) is 2.11. The third-order valence-electron chi connectivity index (χ3n) is 3.24. The van der Waals surface area contributed by atoms with Crippen molar-refractivity contribution in [3.05, 3.63) is 65.0 Å². The van der Waals surface area contributed by atoms with Crippen LogP contribution in [0, 0.1) is 6.92 Å². The molecule has 0 atom stereocenters. The van der Waals surface area contributed by atoms with Crippen molar-refractivity contribution < 1.29 is 0 Å². The van der Waals surface area contributed by atoms with Crippen molar-refractivity contribution in [1.29, 1.82) is 0 Å². The van der Waals surface area contributed by atoms with E-state index in [1.807, 2.05) is 18.5 Å². The van der Waals surface area contributed by atoms with Gasteiger partial charge in [0.15, 0.2) is 0 Å². The van der Waals surface area contributed by atoms with Gasteiger partial charge in [-0.2, -0.15) is 0 Å². The third-order valence-corrected chi connectivity index (χ3v) is 3.24. The number of benzene rings is 1. The Labute approximate surface area is 115 Å². The van der Waals surface area contributed by atoms with E-state index in [2.05, 4.69) is 55.3 Å². The van der Waals surface area contributed by atoms with E-state index in [1.165, 1.54) is 22.3 Å². The van der Waals surface area contributed by atoms with Gasteiger partial charge in [0.1, 0.15) is 0 Å². The first-order valence-electron chi connectivity index (χ1n) is 6.86. The van der Waals surface area contributed by atoms with Crippen molar-refractivity contribution in [2.45, 2.75) is 39.8 Å². The summed E-state index contributed by atoms with van der Waals surface area (Å²) >= 11 is 0. The van der Waals surface area contributed by atoms with Crippen LogP contribution >= 0.6 is 0 Å². The van der Waals surface area contributed by atoms with E-state index in [9.17, 15) is 0 Å². The topological polar surface area (TPSA) is 24.9 Å². The van der Waals surface area contributed by atoms with Gasteiger partial charge < -0.3 is 5.32 Å². The molecule has 0 bridgehead atoms. The first kappa shape index (κ1) is 13.8. The number of hydrogen-bond acceptors (Lipinski definition) is 2. The number of rotatable bonds is 5. The van der Waals surface area contributed by atoms with Crippen LogP contribution in [0.4, 0.5) is 0 Å². The van der Waals surface area contributed by atoms with Crippen LogP contribution in [-0.4, -0.2) is 11.0 Å². The number of pyridine rings is 1. The highest BCUT2D eigenvalue weighted by molar-refractivity contribution is 5.34. The first-order valence-corrected chi connectivity index (χ1v) is 6.86. The Morgan fingerprint density at radius 1 is 1.16 bits per heavy atom. The third kappa shape index (κ3) is 4.18. The van der Waals surface area contributed by atoms with Crippen LogP contribution in [-0.2, 0) is 13.0 Å². The highest BCUT2D eigenvalue weighted by Gasteiger charge is 2.02. The molecule has 0 fully saturated rings. The lowest BCUT2D eigenvalue weighted by atomic mass is 9.99. The quantitative estimate of drug-likeness (QED) is 0.883. The molecule has 0 aliphatic carbocycles. The number of aromatic nitrogens is 1. The lowest BCUT2D eigenvalue weighted by Gasteiger charge is -2.11. The number of aryl methyl sites for hydroxylation is 1. The second kappa shape index (κ2) is 6.48. The smallest absolute Gasteiger partial charge is 0.0303 e. The summed E-state index contributed by atoms with van der Waals surface area (Å²) in [6.45, 7) is 7.46. The molecule has 19 heavy (non-hydrogen) atoms. The summed E-state index contributed by atoms with van der Waals surface area (Å²) in [5.74, 6) is 0. The Bertz CT molecular complexity index is 518. The number of hydrogen-bond donors (Lipinski definition) is 1. The van der Waals surface area contributed by atoms with Crippen molar-refractivity contribution in [1.82, 2.24) is 10.3 Å². The van der Waals surface area contributed by atoms with Crippen LogP contribution in [0.25, 0.3) is 0 Å². The van der Waals surface area contributed by atoms with E-state index in [0.717, 1.165) is 13.0 Å². The Morgan fingerprint density at radius 3 is 2.63 bits per heavy atom. The fraction of sp³-hybridized carbons (Fsp3) is 0.353. The molecule has 2 nitrogen and oxygen atoms in total. The predicted octanol–water partition coefficient (Wildman–Crippen LogP) is 3.48. The average Bonchev–Trinajstić information content (AvgIpc) is 2.40. The maximum Gasteiger partial charge on any atom is 0.0303 e. The molecule has 2 rings (SSSR count). The molecule has 2 aromatic rings. The van der Waals surface area contributed by atoms with Crippen molar-refractivity contribution in [2.75, 3.05) is 0 Å². The molecule has 1 aromatic carbocycles. The molecule has 100 valence electrons. The van der Waals surface area contributed by atoms with Gasteiger partial charge in [-0.15, -0.1) is 0 Å². The zero-order valence-electron chi connectivity index (χ0n) is 12.0. The second-order valence-corrected chi connectivity index (χ2v) is 5.33. The van der Waals surface area contributed by atoms with E-state index < -0.39 is 0 Å². The first-order chi connectivity index (χ1) is 9.15. The molecule has 0 saturated heterocycles. The molecule has 1 heterocycles. The maximum absolute atomic E-state index is 4.17. The van der Waals surface area contributed by atoms with Crippen molar-refractivity contribution in [2.24, 2.45) is 0 Å². The highest BCUT2D eigenvalue weighted by Crippen LogP contribution is 2.15. The molecule has 0 radical (unpaired) electrons. The zero-order valence-corrected chi connectivity index (χ0v) is 12.0. The Kier molecular flexibility index (Phi) is 4.69. The molecule has 0 spiro atoms. The summed E-state index contributed by atoms with van der Waals surface area (Å²) in [6.07, 6.45) is 4.71. The fourth-order valence-electron chi connectivity index (χ4n) is 2.11. The molecule has 0 aliphatic rings. The van der Waals surface area contributed by atoms with Crippen molar-refractivity contribution in [3.63, 3.8) is 0 Å². The molecule has 2 heteroatoms. The normalized spacial score (nSPS) is 10.9. The maximum atomic E-state index is 4.17. The minimum atomic E-state index is 0.523. The molecule has 0 amide bonds. The number of nitrogens with zero attached hydrogens (tertiary/aromatic N) is 1. The van der Waals surface area contributed by atoms with Gasteiger partial charge >= 0.3 is 0 Å². The van der Waals surface area contributed by atoms with E-state index in [1.54, 1.807) is 0 Å². The monoisotopic (exact) mass is 254 g/mol. The van der Waals surface area contributed by atoms with Crippen LogP contribution < -0.4 is 5.32 Å². The summed E-state index contributed by atoms with van der Waals surface area (Å²) < 4.78 is 0. The van der Waals surface area contributed by atoms with Gasteiger partial charge in [-0.3, -0.25) is 4.98 Å². The van der Waals surface area contributed by atoms with Gasteiger partial charge in [-0.25, -0.2) is 0 Å². The summed E-state index contributed by atoms with van der Waals surface area (Å²) in [5.41, 5.74) is 5.34. The second-order valence-electron chi connectivity index (χ2n) is 5.33. The van der Waals surface area contributed by atoms with Crippen LogP contribution in [0.1, 0.15) is 36.1 Å². The molecular formula is C17H22N2. The summed E-state index contributed by atoms with van der Waals surface area (Å²) in [6, 6.07) is 11.4. The van der Waals surface area contributed by atoms with Crippen LogP contribution in [0.15, 0.2) is 42.7 Å². The largest absolute Gasteiger partial charge is 0.310 e. The molecule has 1 aromatic heterocycles. The highest BCUT2D eigenvalue weighted by atomic mass is 14.9. The van der Waals surface area contributed by atoms with Gasteiger partial charge in [-0.1, -0.05) is 38.1 Å². The van der Waals surface area contributed by atoms with Gasteiger partial charge in [-0.05, 0) is 41.7 Å².